The maximum atomic E-state index is 11.9. The van der Waals surface area contributed by atoms with Crippen LogP contribution < -0.4 is 5.32 Å². The van der Waals surface area contributed by atoms with Crippen molar-refractivity contribution in [2.75, 3.05) is 19.6 Å². The third-order valence-electron chi connectivity index (χ3n) is 3.86. The second kappa shape index (κ2) is 5.17. The number of hydrogen-bond donors (Lipinski definition) is 1. The first-order valence-electron chi connectivity index (χ1n) is 6.65. The maximum absolute atomic E-state index is 11.9. The first-order chi connectivity index (χ1) is 8.11. The Kier molecular flexibility index (Phi) is 3.82. The summed E-state index contributed by atoms with van der Waals surface area (Å²) < 4.78 is 0. The molecule has 2 heterocycles. The highest BCUT2D eigenvalue weighted by atomic mass is 16.2. The summed E-state index contributed by atoms with van der Waals surface area (Å²) in [5.74, 6) is 0.0543. The van der Waals surface area contributed by atoms with Crippen LogP contribution in [0.15, 0.2) is 0 Å². The van der Waals surface area contributed by atoms with Crippen LogP contribution in [-0.2, 0) is 9.59 Å². The lowest BCUT2D eigenvalue weighted by Gasteiger charge is -2.37. The number of carbonyl (C=O) groups excluding carboxylic acids is 2. The van der Waals surface area contributed by atoms with Crippen molar-refractivity contribution >= 4 is 11.8 Å². The van der Waals surface area contributed by atoms with Crippen molar-refractivity contribution < 1.29 is 9.59 Å². The smallest absolute Gasteiger partial charge is 0.229 e. The fourth-order valence-corrected chi connectivity index (χ4v) is 2.77. The zero-order valence-corrected chi connectivity index (χ0v) is 10.6. The van der Waals surface area contributed by atoms with Gasteiger partial charge < -0.3 is 5.32 Å². The Morgan fingerprint density at radius 2 is 1.82 bits per heavy atom. The lowest BCUT2D eigenvalue weighted by molar-refractivity contribution is -0.145. The summed E-state index contributed by atoms with van der Waals surface area (Å²) in [7, 11) is 0. The van der Waals surface area contributed by atoms with Gasteiger partial charge in [-0.2, -0.15) is 0 Å². The topological polar surface area (TPSA) is 49.4 Å². The molecule has 0 aromatic rings. The Morgan fingerprint density at radius 3 is 2.35 bits per heavy atom. The van der Waals surface area contributed by atoms with Gasteiger partial charge in [-0.1, -0.05) is 6.92 Å². The number of piperidine rings is 1. The highest BCUT2D eigenvalue weighted by molar-refractivity contribution is 5.96. The molecule has 96 valence electrons. The molecule has 2 saturated heterocycles. The van der Waals surface area contributed by atoms with E-state index in [0.29, 0.717) is 19.4 Å². The van der Waals surface area contributed by atoms with Gasteiger partial charge in [-0.25, -0.2) is 0 Å². The van der Waals surface area contributed by atoms with E-state index in [9.17, 15) is 9.59 Å². The highest BCUT2D eigenvalue weighted by Gasteiger charge is 2.34. The summed E-state index contributed by atoms with van der Waals surface area (Å²) in [4.78, 5) is 25.4. The Hall–Kier alpha value is -0.900. The van der Waals surface area contributed by atoms with Crippen LogP contribution in [0.3, 0.4) is 0 Å². The second-order valence-electron chi connectivity index (χ2n) is 5.67. The summed E-state index contributed by atoms with van der Waals surface area (Å²) in [6, 6.07) is 0. The fourth-order valence-electron chi connectivity index (χ4n) is 2.77. The van der Waals surface area contributed by atoms with Crippen molar-refractivity contribution in [2.24, 2.45) is 5.41 Å². The molecule has 0 aromatic heterocycles. The average Bonchev–Trinajstić information content (AvgIpc) is 2.45. The van der Waals surface area contributed by atoms with Gasteiger partial charge in [0.25, 0.3) is 0 Å². The summed E-state index contributed by atoms with van der Waals surface area (Å²) in [6.07, 6.45) is 5.01. The summed E-state index contributed by atoms with van der Waals surface area (Å²) >= 11 is 0. The van der Waals surface area contributed by atoms with Crippen LogP contribution in [0.2, 0.25) is 0 Å². The van der Waals surface area contributed by atoms with Crippen molar-refractivity contribution in [2.45, 2.75) is 45.4 Å². The molecule has 1 N–H and O–H groups in total. The van der Waals surface area contributed by atoms with Crippen LogP contribution in [0, 0.1) is 5.41 Å². The molecule has 2 rings (SSSR count). The third kappa shape index (κ3) is 3.06. The Morgan fingerprint density at radius 1 is 1.18 bits per heavy atom. The molecule has 0 saturated carbocycles. The largest absolute Gasteiger partial charge is 0.316 e. The molecule has 0 aliphatic carbocycles. The lowest BCUT2D eigenvalue weighted by atomic mass is 9.82. The molecule has 0 bridgehead atoms. The van der Waals surface area contributed by atoms with Gasteiger partial charge >= 0.3 is 0 Å². The van der Waals surface area contributed by atoms with Gasteiger partial charge in [-0.05, 0) is 37.6 Å². The van der Waals surface area contributed by atoms with E-state index >= 15 is 0 Å². The van der Waals surface area contributed by atoms with E-state index in [4.69, 9.17) is 0 Å². The maximum Gasteiger partial charge on any atom is 0.229 e. The summed E-state index contributed by atoms with van der Waals surface area (Å²) in [6.45, 7) is 4.73. The molecule has 1 atom stereocenters. The Labute approximate surface area is 103 Å². The van der Waals surface area contributed by atoms with Crippen LogP contribution in [-0.4, -0.2) is 36.3 Å². The monoisotopic (exact) mass is 238 g/mol. The van der Waals surface area contributed by atoms with E-state index in [1.807, 2.05) is 0 Å². The van der Waals surface area contributed by atoms with E-state index in [1.54, 1.807) is 0 Å². The molecular weight excluding hydrogens is 216 g/mol. The zero-order valence-electron chi connectivity index (χ0n) is 10.6. The molecule has 1 unspecified atom stereocenters. The minimum absolute atomic E-state index is 0.0271. The normalized spacial score (nSPS) is 31.5. The first-order valence-corrected chi connectivity index (χ1v) is 6.65. The zero-order chi connectivity index (χ0) is 12.3. The molecule has 0 spiro atoms. The number of hydrogen-bond acceptors (Lipinski definition) is 3. The van der Waals surface area contributed by atoms with E-state index in [0.717, 1.165) is 38.8 Å². The van der Waals surface area contributed by atoms with Gasteiger partial charge in [-0.3, -0.25) is 14.5 Å². The van der Waals surface area contributed by atoms with Crippen LogP contribution in [0.4, 0.5) is 0 Å². The van der Waals surface area contributed by atoms with Crippen molar-refractivity contribution in [1.29, 1.82) is 0 Å². The van der Waals surface area contributed by atoms with Crippen LogP contribution in [0.5, 0.6) is 0 Å². The van der Waals surface area contributed by atoms with Gasteiger partial charge in [0, 0.05) is 25.9 Å². The van der Waals surface area contributed by atoms with E-state index < -0.39 is 0 Å². The number of rotatable bonds is 2. The van der Waals surface area contributed by atoms with Crippen LogP contribution in [0.25, 0.3) is 0 Å². The predicted octanol–water partition coefficient (Wildman–Crippen LogP) is 1.31. The number of nitrogens with zero attached hydrogens (tertiary/aromatic N) is 1. The lowest BCUT2D eigenvalue weighted by Crippen LogP contribution is -2.49. The summed E-state index contributed by atoms with van der Waals surface area (Å²) in [5, 5.41) is 3.36. The fraction of sp³-hybridized carbons (Fsp3) is 0.846. The molecular formula is C13H22N2O2. The van der Waals surface area contributed by atoms with E-state index in [1.165, 1.54) is 4.90 Å². The molecule has 2 amide bonds. The van der Waals surface area contributed by atoms with Gasteiger partial charge in [0.15, 0.2) is 0 Å². The molecule has 2 aliphatic heterocycles. The number of nitrogens with one attached hydrogen (secondary N) is 1. The molecule has 4 heteroatoms. The van der Waals surface area contributed by atoms with Crippen LogP contribution >= 0.6 is 0 Å². The van der Waals surface area contributed by atoms with Gasteiger partial charge in [0.2, 0.25) is 11.8 Å². The summed E-state index contributed by atoms with van der Waals surface area (Å²) in [5.41, 5.74) is 0.0634. The minimum Gasteiger partial charge on any atom is -0.316 e. The van der Waals surface area contributed by atoms with Crippen molar-refractivity contribution in [3.63, 3.8) is 0 Å². The number of likely N-dealkylation sites (tertiary alicyclic amines) is 1. The predicted molar refractivity (Wildman–Crippen MR) is 65.4 cm³/mol. The minimum atomic E-state index is 0.0271. The third-order valence-corrected chi connectivity index (χ3v) is 3.86. The highest BCUT2D eigenvalue weighted by Crippen LogP contribution is 2.28. The molecule has 0 radical (unpaired) electrons. The van der Waals surface area contributed by atoms with Gasteiger partial charge in [0.1, 0.15) is 0 Å². The Bertz CT molecular complexity index is 291. The first kappa shape index (κ1) is 12.6. The number of carbonyl (C=O) groups is 2. The van der Waals surface area contributed by atoms with Crippen molar-refractivity contribution in [3.8, 4) is 0 Å². The molecule has 2 aliphatic rings. The molecule has 4 nitrogen and oxygen atoms in total. The SMILES string of the molecule is CC1(CN2C(=O)CCCCC2=O)CCCNC1. The standard InChI is InChI=1S/C13H22N2O2/c1-13(7-4-8-14-9-13)10-15-11(16)5-2-3-6-12(15)17/h14H,2-10H2,1H3. The molecule has 17 heavy (non-hydrogen) atoms. The average molecular weight is 238 g/mol. The second-order valence-corrected chi connectivity index (χ2v) is 5.67. The van der Waals surface area contributed by atoms with Crippen LogP contribution in [0.1, 0.15) is 45.4 Å². The number of imide groups is 1. The van der Waals surface area contributed by atoms with Gasteiger partial charge in [-0.15, -0.1) is 0 Å². The van der Waals surface area contributed by atoms with Crippen molar-refractivity contribution in [1.82, 2.24) is 10.2 Å². The van der Waals surface area contributed by atoms with E-state index in [2.05, 4.69) is 12.2 Å². The number of amides is 2. The quantitative estimate of drug-likeness (QED) is 0.738. The molecule has 0 aromatic carbocycles. The Balaban J connectivity index is 2.03. The molecule has 2 fully saturated rings. The van der Waals surface area contributed by atoms with E-state index in [-0.39, 0.29) is 17.2 Å². The van der Waals surface area contributed by atoms with Gasteiger partial charge in [0.05, 0.1) is 0 Å². The van der Waals surface area contributed by atoms with Crippen molar-refractivity contribution in [3.05, 3.63) is 0 Å².